The van der Waals surface area contributed by atoms with Crippen LogP contribution in [-0.4, -0.2) is 22.1 Å². The molecule has 0 saturated carbocycles. The summed E-state index contributed by atoms with van der Waals surface area (Å²) in [6, 6.07) is 5.95. The van der Waals surface area contributed by atoms with E-state index in [-0.39, 0.29) is 30.2 Å². The maximum absolute atomic E-state index is 13.8. The number of hydrogen-bond donors (Lipinski definition) is 1. The molecule has 0 fully saturated rings. The van der Waals surface area contributed by atoms with Crippen LogP contribution in [0.3, 0.4) is 0 Å². The van der Waals surface area contributed by atoms with E-state index < -0.39 is 5.82 Å². The van der Waals surface area contributed by atoms with Gasteiger partial charge in [0.05, 0.1) is 18.3 Å². The number of anilines is 1. The average molecular weight is 361 g/mol. The van der Waals surface area contributed by atoms with Gasteiger partial charge in [0.15, 0.2) is 11.6 Å². The Morgan fingerprint density at radius 3 is 3.00 bits per heavy atom. The van der Waals surface area contributed by atoms with Crippen LogP contribution in [0.2, 0.25) is 0 Å². The van der Waals surface area contributed by atoms with Crippen LogP contribution in [0, 0.1) is 5.82 Å². The number of nitrogens with zero attached hydrogens (tertiary/aromatic N) is 2. The van der Waals surface area contributed by atoms with E-state index in [0.717, 1.165) is 0 Å². The summed E-state index contributed by atoms with van der Waals surface area (Å²) in [4.78, 5) is 29.1. The number of amides is 1. The van der Waals surface area contributed by atoms with Gasteiger partial charge in [0, 0.05) is 24.7 Å². The van der Waals surface area contributed by atoms with E-state index >= 15 is 0 Å². The molecular weight excluding hydrogens is 345 g/mol. The molecule has 1 amide bonds. The SMILES string of the molecule is CCOc1ccc(NC(=O)CCn2cnc3sccc3c2=O)cc1F. The van der Waals surface area contributed by atoms with Crippen molar-refractivity contribution in [3.8, 4) is 5.75 Å². The summed E-state index contributed by atoms with van der Waals surface area (Å²) in [5.74, 6) is -0.717. The minimum atomic E-state index is -0.539. The highest BCUT2D eigenvalue weighted by Gasteiger charge is 2.09. The summed E-state index contributed by atoms with van der Waals surface area (Å²) in [5, 5.41) is 4.95. The number of halogens is 1. The lowest BCUT2D eigenvalue weighted by molar-refractivity contribution is -0.116. The van der Waals surface area contributed by atoms with Gasteiger partial charge < -0.3 is 10.1 Å². The fourth-order valence-corrected chi connectivity index (χ4v) is 3.07. The van der Waals surface area contributed by atoms with Crippen molar-refractivity contribution in [3.05, 3.63) is 52.1 Å². The van der Waals surface area contributed by atoms with Crippen molar-refractivity contribution in [2.24, 2.45) is 0 Å². The number of benzene rings is 1. The Labute approximate surface area is 146 Å². The molecule has 0 radical (unpaired) electrons. The molecular formula is C17H16FN3O3S. The lowest BCUT2D eigenvalue weighted by atomic mass is 10.2. The molecule has 1 aromatic carbocycles. The summed E-state index contributed by atoms with van der Waals surface area (Å²) in [7, 11) is 0. The zero-order chi connectivity index (χ0) is 17.8. The largest absolute Gasteiger partial charge is 0.491 e. The topological polar surface area (TPSA) is 73.2 Å². The van der Waals surface area contributed by atoms with E-state index in [0.29, 0.717) is 22.5 Å². The molecule has 0 unspecified atom stereocenters. The maximum atomic E-state index is 13.8. The standard InChI is InChI=1S/C17H16FN3O3S/c1-2-24-14-4-3-11(9-13(14)18)20-15(22)5-7-21-10-19-16-12(17(21)23)6-8-25-16/h3-4,6,8-10H,2,5,7H2,1H3,(H,20,22). The zero-order valence-electron chi connectivity index (χ0n) is 13.5. The molecule has 0 bridgehead atoms. The maximum Gasteiger partial charge on any atom is 0.262 e. The number of rotatable bonds is 6. The third-order valence-electron chi connectivity index (χ3n) is 3.55. The van der Waals surface area contributed by atoms with Gasteiger partial charge in [-0.2, -0.15) is 0 Å². The Hall–Kier alpha value is -2.74. The zero-order valence-corrected chi connectivity index (χ0v) is 14.3. The predicted molar refractivity (Wildman–Crippen MR) is 94.7 cm³/mol. The number of nitrogens with one attached hydrogen (secondary N) is 1. The van der Waals surface area contributed by atoms with Crippen molar-refractivity contribution < 1.29 is 13.9 Å². The number of aromatic nitrogens is 2. The number of ether oxygens (including phenoxy) is 1. The molecule has 6 nitrogen and oxygen atoms in total. The van der Waals surface area contributed by atoms with Gasteiger partial charge in [-0.15, -0.1) is 11.3 Å². The Balaban J connectivity index is 1.63. The van der Waals surface area contributed by atoms with Gasteiger partial charge >= 0.3 is 0 Å². The number of carbonyl (C=O) groups is 1. The third-order valence-corrected chi connectivity index (χ3v) is 4.37. The summed E-state index contributed by atoms with van der Waals surface area (Å²) in [6.07, 6.45) is 1.51. The molecule has 130 valence electrons. The van der Waals surface area contributed by atoms with Crippen LogP contribution < -0.4 is 15.6 Å². The van der Waals surface area contributed by atoms with E-state index in [2.05, 4.69) is 10.3 Å². The van der Waals surface area contributed by atoms with Crippen LogP contribution in [0.5, 0.6) is 5.75 Å². The Bertz CT molecular complexity index is 967. The van der Waals surface area contributed by atoms with Crippen LogP contribution in [0.1, 0.15) is 13.3 Å². The molecule has 0 aliphatic heterocycles. The Morgan fingerprint density at radius 2 is 2.24 bits per heavy atom. The Kier molecular flexibility index (Phi) is 5.08. The van der Waals surface area contributed by atoms with Gasteiger partial charge in [0.25, 0.3) is 5.56 Å². The molecule has 2 heterocycles. The van der Waals surface area contributed by atoms with Crippen molar-refractivity contribution in [1.29, 1.82) is 0 Å². The van der Waals surface area contributed by atoms with Gasteiger partial charge in [-0.25, -0.2) is 9.37 Å². The van der Waals surface area contributed by atoms with E-state index in [4.69, 9.17) is 4.74 Å². The van der Waals surface area contributed by atoms with Crippen LogP contribution in [-0.2, 0) is 11.3 Å². The molecule has 0 aliphatic rings. The van der Waals surface area contributed by atoms with Crippen molar-refractivity contribution in [3.63, 3.8) is 0 Å². The van der Waals surface area contributed by atoms with Crippen molar-refractivity contribution in [1.82, 2.24) is 9.55 Å². The number of aryl methyl sites for hydroxylation is 1. The number of thiophene rings is 1. The van der Waals surface area contributed by atoms with Gasteiger partial charge in [-0.05, 0) is 30.5 Å². The van der Waals surface area contributed by atoms with Crippen LogP contribution in [0.4, 0.5) is 10.1 Å². The van der Waals surface area contributed by atoms with E-state index in [9.17, 15) is 14.0 Å². The molecule has 8 heteroatoms. The molecule has 1 N–H and O–H groups in total. The minimum Gasteiger partial charge on any atom is -0.491 e. The van der Waals surface area contributed by atoms with E-state index in [1.54, 1.807) is 24.4 Å². The van der Waals surface area contributed by atoms with Crippen LogP contribution in [0.15, 0.2) is 40.8 Å². The van der Waals surface area contributed by atoms with Crippen LogP contribution in [0.25, 0.3) is 10.2 Å². The van der Waals surface area contributed by atoms with Gasteiger partial charge in [0.1, 0.15) is 4.83 Å². The number of carbonyl (C=O) groups excluding carboxylic acids is 1. The lowest BCUT2D eigenvalue weighted by Crippen LogP contribution is -2.23. The minimum absolute atomic E-state index is 0.0755. The second-order valence-corrected chi connectivity index (χ2v) is 6.15. The molecule has 2 aromatic heterocycles. The van der Waals surface area contributed by atoms with Crippen molar-refractivity contribution in [2.45, 2.75) is 19.9 Å². The quantitative estimate of drug-likeness (QED) is 0.732. The highest BCUT2D eigenvalue weighted by Crippen LogP contribution is 2.21. The molecule has 0 atom stereocenters. The third kappa shape index (κ3) is 3.85. The molecule has 3 rings (SSSR count). The Morgan fingerprint density at radius 1 is 1.40 bits per heavy atom. The first-order valence-electron chi connectivity index (χ1n) is 7.73. The summed E-state index contributed by atoms with van der Waals surface area (Å²) < 4.78 is 20.3. The van der Waals surface area contributed by atoms with Crippen molar-refractivity contribution in [2.75, 3.05) is 11.9 Å². The normalized spacial score (nSPS) is 10.8. The van der Waals surface area contributed by atoms with E-state index in [1.165, 1.54) is 34.4 Å². The number of fused-ring (bicyclic) bond motifs is 1. The average Bonchev–Trinajstić information content (AvgIpc) is 3.06. The number of hydrogen-bond acceptors (Lipinski definition) is 5. The summed E-state index contributed by atoms with van der Waals surface area (Å²) in [5.41, 5.74) is 0.163. The van der Waals surface area contributed by atoms with Crippen LogP contribution >= 0.6 is 11.3 Å². The summed E-state index contributed by atoms with van der Waals surface area (Å²) in [6.45, 7) is 2.32. The molecule has 3 aromatic rings. The van der Waals surface area contributed by atoms with Gasteiger partial charge in [-0.3, -0.25) is 14.2 Å². The smallest absolute Gasteiger partial charge is 0.262 e. The molecule has 0 spiro atoms. The first kappa shape index (κ1) is 17.1. The van der Waals surface area contributed by atoms with E-state index in [1.807, 2.05) is 0 Å². The molecule has 0 aliphatic carbocycles. The fourth-order valence-electron chi connectivity index (χ4n) is 2.35. The lowest BCUT2D eigenvalue weighted by Gasteiger charge is -2.09. The predicted octanol–water partition coefficient (Wildman–Crippen LogP) is 3.02. The van der Waals surface area contributed by atoms with Gasteiger partial charge in [0.2, 0.25) is 5.91 Å². The van der Waals surface area contributed by atoms with Crippen molar-refractivity contribution >= 4 is 33.1 Å². The monoisotopic (exact) mass is 361 g/mol. The fraction of sp³-hybridized carbons (Fsp3) is 0.235. The highest BCUT2D eigenvalue weighted by atomic mass is 32.1. The summed E-state index contributed by atoms with van der Waals surface area (Å²) >= 11 is 1.39. The second-order valence-electron chi connectivity index (χ2n) is 5.26. The first-order valence-corrected chi connectivity index (χ1v) is 8.61. The highest BCUT2D eigenvalue weighted by molar-refractivity contribution is 7.16. The molecule has 0 saturated heterocycles. The first-order chi connectivity index (χ1) is 12.1. The second kappa shape index (κ2) is 7.43. The molecule has 25 heavy (non-hydrogen) atoms. The van der Waals surface area contributed by atoms with Gasteiger partial charge in [-0.1, -0.05) is 0 Å².